The van der Waals surface area contributed by atoms with Crippen LogP contribution in [-0.4, -0.2) is 56.6 Å². The fraction of sp³-hybridized carbons (Fsp3) is 0.538. The van der Waals surface area contributed by atoms with Crippen molar-refractivity contribution in [3.63, 3.8) is 0 Å². The first-order valence-corrected chi connectivity index (χ1v) is 11.7. The van der Waals surface area contributed by atoms with E-state index in [1.165, 1.54) is 37.7 Å². The zero-order valence-corrected chi connectivity index (χ0v) is 19.5. The van der Waals surface area contributed by atoms with E-state index >= 15 is 0 Å². The summed E-state index contributed by atoms with van der Waals surface area (Å²) >= 11 is 0. The maximum Gasteiger partial charge on any atom is 0.161 e. The topological polar surface area (TPSA) is 63.2 Å². The van der Waals surface area contributed by atoms with Gasteiger partial charge in [0.15, 0.2) is 11.5 Å². The first kappa shape index (κ1) is 24.4. The van der Waals surface area contributed by atoms with Crippen molar-refractivity contribution in [2.45, 2.75) is 51.3 Å². The summed E-state index contributed by atoms with van der Waals surface area (Å²) in [6.07, 6.45) is 5.83. The monoisotopic (exact) mass is 442 g/mol. The van der Waals surface area contributed by atoms with Crippen LogP contribution >= 0.6 is 0 Å². The van der Waals surface area contributed by atoms with Gasteiger partial charge in [-0.15, -0.1) is 0 Å². The number of aliphatic hydroxyl groups excluding tert-OH is 1. The zero-order chi connectivity index (χ0) is 22.6. The maximum atomic E-state index is 10.5. The summed E-state index contributed by atoms with van der Waals surface area (Å²) in [5.41, 5.74) is 2.27. The smallest absolute Gasteiger partial charge is 0.161 e. The van der Waals surface area contributed by atoms with Crippen molar-refractivity contribution < 1.29 is 19.3 Å². The number of methoxy groups -OCH3 is 2. The standard InChI is InChI=1S/C26H38N2O4/c1-30-24-10-8-9-21(15-24)17-27-18-22-11-12-25(31-2)26(16-22)32-20-23(29)19-28-13-6-4-3-5-7-14-28/h8-12,15-16,23,27,29H,3-7,13-14,17-20H2,1-2H3/t23-/m0/s1. The van der Waals surface area contributed by atoms with Crippen LogP contribution in [-0.2, 0) is 13.1 Å². The summed E-state index contributed by atoms with van der Waals surface area (Å²) in [6, 6.07) is 14.0. The third-order valence-corrected chi connectivity index (χ3v) is 5.87. The number of nitrogens with zero attached hydrogens (tertiary/aromatic N) is 1. The molecule has 0 unspecified atom stereocenters. The molecule has 3 rings (SSSR count). The van der Waals surface area contributed by atoms with Gasteiger partial charge in [-0.1, -0.05) is 37.5 Å². The van der Waals surface area contributed by atoms with Gasteiger partial charge in [0.1, 0.15) is 18.5 Å². The van der Waals surface area contributed by atoms with Gasteiger partial charge in [-0.3, -0.25) is 0 Å². The molecular weight excluding hydrogens is 404 g/mol. The van der Waals surface area contributed by atoms with E-state index in [1.807, 2.05) is 36.4 Å². The molecule has 0 bridgehead atoms. The average molecular weight is 443 g/mol. The van der Waals surface area contributed by atoms with Gasteiger partial charge in [-0.05, 0) is 61.3 Å². The molecule has 6 nitrogen and oxygen atoms in total. The van der Waals surface area contributed by atoms with Crippen LogP contribution in [0.25, 0.3) is 0 Å². The fourth-order valence-electron chi connectivity index (χ4n) is 4.11. The Morgan fingerprint density at radius 3 is 2.31 bits per heavy atom. The summed E-state index contributed by atoms with van der Waals surface area (Å²) in [6.45, 7) is 4.49. The van der Waals surface area contributed by atoms with E-state index < -0.39 is 6.10 Å². The van der Waals surface area contributed by atoms with Crippen LogP contribution in [0, 0.1) is 0 Å². The second-order valence-corrected chi connectivity index (χ2v) is 8.47. The lowest BCUT2D eigenvalue weighted by molar-refractivity contribution is 0.0644. The van der Waals surface area contributed by atoms with Gasteiger partial charge in [0.25, 0.3) is 0 Å². The van der Waals surface area contributed by atoms with Gasteiger partial charge in [-0.25, -0.2) is 0 Å². The number of benzene rings is 2. The van der Waals surface area contributed by atoms with Gasteiger partial charge < -0.3 is 29.5 Å². The van der Waals surface area contributed by atoms with Crippen molar-refractivity contribution in [3.05, 3.63) is 53.6 Å². The molecule has 32 heavy (non-hydrogen) atoms. The highest BCUT2D eigenvalue weighted by molar-refractivity contribution is 5.43. The molecule has 1 aliphatic rings. The Kier molecular flexibility index (Phi) is 10.1. The lowest BCUT2D eigenvalue weighted by Gasteiger charge is -2.26. The highest BCUT2D eigenvalue weighted by atomic mass is 16.5. The first-order chi connectivity index (χ1) is 15.7. The average Bonchev–Trinajstić information content (AvgIpc) is 2.79. The van der Waals surface area contributed by atoms with E-state index in [0.29, 0.717) is 24.6 Å². The molecule has 0 aliphatic carbocycles. The number of likely N-dealkylation sites (tertiary alicyclic amines) is 1. The summed E-state index contributed by atoms with van der Waals surface area (Å²) in [7, 11) is 3.32. The van der Waals surface area contributed by atoms with Crippen molar-refractivity contribution in [2.24, 2.45) is 0 Å². The summed E-state index contributed by atoms with van der Waals surface area (Å²) < 4.78 is 16.7. The number of ether oxygens (including phenoxy) is 3. The van der Waals surface area contributed by atoms with Crippen LogP contribution in [0.15, 0.2) is 42.5 Å². The minimum Gasteiger partial charge on any atom is -0.497 e. The van der Waals surface area contributed by atoms with E-state index in [2.05, 4.69) is 16.3 Å². The van der Waals surface area contributed by atoms with Crippen molar-refractivity contribution >= 4 is 0 Å². The second kappa shape index (κ2) is 13.3. The Balaban J connectivity index is 1.50. The van der Waals surface area contributed by atoms with Gasteiger partial charge in [0.2, 0.25) is 0 Å². The fourth-order valence-corrected chi connectivity index (χ4v) is 4.11. The highest BCUT2D eigenvalue weighted by Crippen LogP contribution is 2.28. The molecule has 1 saturated heterocycles. The molecule has 0 amide bonds. The lowest BCUT2D eigenvalue weighted by Crippen LogP contribution is -2.37. The zero-order valence-electron chi connectivity index (χ0n) is 19.5. The van der Waals surface area contributed by atoms with Crippen molar-refractivity contribution in [2.75, 3.05) is 40.5 Å². The van der Waals surface area contributed by atoms with Crippen LogP contribution in [0.5, 0.6) is 17.2 Å². The van der Waals surface area contributed by atoms with Crippen molar-refractivity contribution in [1.82, 2.24) is 10.2 Å². The van der Waals surface area contributed by atoms with Gasteiger partial charge in [0.05, 0.1) is 14.2 Å². The van der Waals surface area contributed by atoms with E-state index in [0.717, 1.165) is 30.9 Å². The number of rotatable bonds is 11. The molecule has 2 N–H and O–H groups in total. The predicted octanol–water partition coefficient (Wildman–Crippen LogP) is 4.00. The lowest BCUT2D eigenvalue weighted by atomic mass is 10.1. The molecule has 1 aliphatic heterocycles. The molecule has 2 aromatic carbocycles. The number of hydrogen-bond acceptors (Lipinski definition) is 6. The van der Waals surface area contributed by atoms with Crippen LogP contribution in [0.2, 0.25) is 0 Å². The van der Waals surface area contributed by atoms with Gasteiger partial charge in [-0.2, -0.15) is 0 Å². The van der Waals surface area contributed by atoms with E-state index in [1.54, 1.807) is 14.2 Å². The molecule has 1 atom stereocenters. The normalized spacial score (nSPS) is 16.1. The van der Waals surface area contributed by atoms with Crippen LogP contribution in [0.4, 0.5) is 0 Å². The SMILES string of the molecule is COc1cccc(CNCc2ccc(OC)c(OC[C@@H](O)CN3CCCCCCC3)c2)c1. The van der Waals surface area contributed by atoms with Crippen LogP contribution in [0.1, 0.15) is 43.2 Å². The third kappa shape index (κ3) is 8.01. The maximum absolute atomic E-state index is 10.5. The van der Waals surface area contributed by atoms with Crippen LogP contribution in [0.3, 0.4) is 0 Å². The summed E-state index contributed by atoms with van der Waals surface area (Å²) in [5.74, 6) is 2.21. The first-order valence-electron chi connectivity index (χ1n) is 11.7. The molecular formula is C26H38N2O4. The predicted molar refractivity (Wildman–Crippen MR) is 128 cm³/mol. The highest BCUT2D eigenvalue weighted by Gasteiger charge is 2.15. The number of hydrogen-bond donors (Lipinski definition) is 2. The minimum absolute atomic E-state index is 0.257. The summed E-state index contributed by atoms with van der Waals surface area (Å²) in [4.78, 5) is 2.36. The molecule has 0 aromatic heterocycles. The Morgan fingerprint density at radius 2 is 1.59 bits per heavy atom. The molecule has 1 fully saturated rings. The molecule has 0 saturated carbocycles. The molecule has 1 heterocycles. The second-order valence-electron chi connectivity index (χ2n) is 8.47. The number of aliphatic hydroxyl groups is 1. The Hall–Kier alpha value is -2.28. The van der Waals surface area contributed by atoms with Crippen molar-refractivity contribution in [3.8, 4) is 17.2 Å². The third-order valence-electron chi connectivity index (χ3n) is 5.87. The Bertz CT molecular complexity index is 806. The van der Waals surface area contributed by atoms with Gasteiger partial charge in [0, 0.05) is 19.6 Å². The van der Waals surface area contributed by atoms with Crippen LogP contribution < -0.4 is 19.5 Å². The largest absolute Gasteiger partial charge is 0.497 e. The summed E-state index contributed by atoms with van der Waals surface area (Å²) in [5, 5.41) is 14.0. The Morgan fingerprint density at radius 1 is 0.875 bits per heavy atom. The molecule has 176 valence electrons. The molecule has 2 aromatic rings. The minimum atomic E-state index is -0.519. The molecule has 0 radical (unpaired) electrons. The number of nitrogens with one attached hydrogen (secondary N) is 1. The van der Waals surface area contributed by atoms with Crippen molar-refractivity contribution in [1.29, 1.82) is 0 Å². The van der Waals surface area contributed by atoms with E-state index in [-0.39, 0.29) is 6.61 Å². The Labute approximate surface area is 192 Å². The van der Waals surface area contributed by atoms with Gasteiger partial charge >= 0.3 is 0 Å². The quantitative estimate of drug-likeness (QED) is 0.549. The molecule has 6 heteroatoms. The number of β-amino-alcohol motifs (C(OH)–C–C–N with tert-alkyl or cyclic N) is 1. The van der Waals surface area contributed by atoms with E-state index in [9.17, 15) is 5.11 Å². The molecule has 0 spiro atoms. The van der Waals surface area contributed by atoms with E-state index in [4.69, 9.17) is 14.2 Å².